The van der Waals surface area contributed by atoms with Crippen LogP contribution < -0.4 is 9.47 Å². The number of nitrogens with zero attached hydrogens (tertiary/aromatic N) is 1. The standard InChI is InChI=1S/C17H18N2O2/c1-10-8-11(2)16-12(9-10)18-17(19-16)15-13(20-3)6-5-7-14(15)21-4/h5-9H,1-4H3,(H,18,19). The fourth-order valence-corrected chi connectivity index (χ4v) is 2.67. The van der Waals surface area contributed by atoms with Crippen LogP contribution in [0.15, 0.2) is 30.3 Å². The van der Waals surface area contributed by atoms with Gasteiger partial charge in [-0.2, -0.15) is 0 Å². The molecule has 4 heteroatoms. The molecule has 0 aliphatic rings. The monoisotopic (exact) mass is 282 g/mol. The molecule has 0 spiro atoms. The first-order valence-electron chi connectivity index (χ1n) is 6.82. The molecular formula is C17H18N2O2. The molecule has 1 N–H and O–H groups in total. The summed E-state index contributed by atoms with van der Waals surface area (Å²) in [5.41, 5.74) is 5.21. The summed E-state index contributed by atoms with van der Waals surface area (Å²) in [4.78, 5) is 8.10. The first-order chi connectivity index (χ1) is 10.1. The van der Waals surface area contributed by atoms with E-state index in [0.717, 1.165) is 39.5 Å². The summed E-state index contributed by atoms with van der Waals surface area (Å²) < 4.78 is 10.9. The van der Waals surface area contributed by atoms with E-state index >= 15 is 0 Å². The SMILES string of the molecule is COc1cccc(OC)c1-c1nc2c(C)cc(C)cc2[nH]1. The van der Waals surface area contributed by atoms with E-state index in [2.05, 4.69) is 31.0 Å². The molecule has 0 saturated carbocycles. The third-order valence-corrected chi connectivity index (χ3v) is 3.59. The molecule has 3 aromatic rings. The normalized spacial score (nSPS) is 10.9. The molecule has 0 saturated heterocycles. The number of nitrogens with one attached hydrogen (secondary N) is 1. The fraction of sp³-hybridized carbons (Fsp3) is 0.235. The van der Waals surface area contributed by atoms with Gasteiger partial charge in [-0.25, -0.2) is 4.98 Å². The highest BCUT2D eigenvalue weighted by atomic mass is 16.5. The van der Waals surface area contributed by atoms with E-state index in [-0.39, 0.29) is 0 Å². The van der Waals surface area contributed by atoms with Crippen molar-refractivity contribution in [2.75, 3.05) is 14.2 Å². The maximum absolute atomic E-state index is 5.45. The van der Waals surface area contributed by atoms with Gasteiger partial charge >= 0.3 is 0 Å². The van der Waals surface area contributed by atoms with Crippen LogP contribution >= 0.6 is 0 Å². The fourth-order valence-electron chi connectivity index (χ4n) is 2.67. The lowest BCUT2D eigenvalue weighted by atomic mass is 10.1. The summed E-state index contributed by atoms with van der Waals surface area (Å²) in [5.74, 6) is 2.23. The molecule has 0 aliphatic heterocycles. The van der Waals surface area contributed by atoms with Gasteiger partial charge in [0.05, 0.1) is 25.3 Å². The number of methoxy groups -OCH3 is 2. The molecule has 1 heterocycles. The lowest BCUT2D eigenvalue weighted by molar-refractivity contribution is 0.397. The molecular weight excluding hydrogens is 264 g/mol. The molecule has 3 rings (SSSR count). The van der Waals surface area contributed by atoms with Crippen molar-refractivity contribution in [1.82, 2.24) is 9.97 Å². The Morgan fingerprint density at radius 2 is 1.67 bits per heavy atom. The third kappa shape index (κ3) is 2.23. The van der Waals surface area contributed by atoms with Crippen molar-refractivity contribution in [3.63, 3.8) is 0 Å². The Labute approximate surface area is 123 Å². The Hall–Kier alpha value is -2.49. The van der Waals surface area contributed by atoms with Gasteiger partial charge in [0.25, 0.3) is 0 Å². The summed E-state index contributed by atoms with van der Waals surface area (Å²) in [7, 11) is 3.30. The van der Waals surface area contributed by atoms with Crippen LogP contribution in [0.1, 0.15) is 11.1 Å². The van der Waals surface area contributed by atoms with Crippen molar-refractivity contribution >= 4 is 11.0 Å². The van der Waals surface area contributed by atoms with Gasteiger partial charge in [-0.1, -0.05) is 12.1 Å². The van der Waals surface area contributed by atoms with Crippen LogP contribution in [0.4, 0.5) is 0 Å². The minimum absolute atomic E-state index is 0.739. The molecule has 0 bridgehead atoms. The summed E-state index contributed by atoms with van der Waals surface area (Å²) in [6.07, 6.45) is 0. The number of hydrogen-bond donors (Lipinski definition) is 1. The highest BCUT2D eigenvalue weighted by Crippen LogP contribution is 2.37. The second-order valence-corrected chi connectivity index (χ2v) is 5.10. The number of rotatable bonds is 3. The lowest BCUT2D eigenvalue weighted by Crippen LogP contribution is -1.94. The summed E-state index contributed by atoms with van der Waals surface area (Å²) >= 11 is 0. The van der Waals surface area contributed by atoms with Crippen molar-refractivity contribution in [1.29, 1.82) is 0 Å². The van der Waals surface area contributed by atoms with Crippen molar-refractivity contribution in [3.8, 4) is 22.9 Å². The number of ether oxygens (including phenoxy) is 2. The lowest BCUT2D eigenvalue weighted by Gasteiger charge is -2.10. The van der Waals surface area contributed by atoms with Gasteiger partial charge in [-0.3, -0.25) is 0 Å². The number of imidazole rings is 1. The number of aromatic amines is 1. The zero-order valence-electron chi connectivity index (χ0n) is 12.7. The summed E-state index contributed by atoms with van der Waals surface area (Å²) in [6, 6.07) is 9.94. The quantitative estimate of drug-likeness (QED) is 0.793. The minimum Gasteiger partial charge on any atom is -0.496 e. The van der Waals surface area contributed by atoms with Gasteiger partial charge in [0, 0.05) is 0 Å². The van der Waals surface area contributed by atoms with Crippen molar-refractivity contribution in [3.05, 3.63) is 41.5 Å². The van der Waals surface area contributed by atoms with E-state index in [1.807, 2.05) is 18.2 Å². The third-order valence-electron chi connectivity index (χ3n) is 3.59. The molecule has 0 unspecified atom stereocenters. The van der Waals surface area contributed by atoms with Crippen molar-refractivity contribution in [2.24, 2.45) is 0 Å². The Morgan fingerprint density at radius 1 is 1.00 bits per heavy atom. The van der Waals surface area contributed by atoms with E-state index in [9.17, 15) is 0 Å². The zero-order valence-corrected chi connectivity index (χ0v) is 12.7. The van der Waals surface area contributed by atoms with Crippen molar-refractivity contribution in [2.45, 2.75) is 13.8 Å². The van der Waals surface area contributed by atoms with Gasteiger partial charge in [0.1, 0.15) is 22.9 Å². The van der Waals surface area contributed by atoms with Gasteiger partial charge in [-0.05, 0) is 43.2 Å². The van der Waals surface area contributed by atoms with Gasteiger partial charge in [0.15, 0.2) is 0 Å². The second-order valence-electron chi connectivity index (χ2n) is 5.10. The number of aryl methyl sites for hydroxylation is 2. The number of H-pyrrole nitrogens is 1. The second kappa shape index (κ2) is 5.13. The van der Waals surface area contributed by atoms with E-state index < -0.39 is 0 Å². The van der Waals surface area contributed by atoms with Gasteiger partial charge in [0.2, 0.25) is 0 Å². The Kier molecular flexibility index (Phi) is 3.29. The Bertz CT molecular complexity index is 784. The molecule has 0 atom stereocenters. The topological polar surface area (TPSA) is 47.1 Å². The van der Waals surface area contributed by atoms with Gasteiger partial charge in [-0.15, -0.1) is 0 Å². The Morgan fingerprint density at radius 3 is 2.29 bits per heavy atom. The summed E-state index contributed by atoms with van der Waals surface area (Å²) in [5, 5.41) is 0. The molecule has 1 aromatic heterocycles. The first-order valence-corrected chi connectivity index (χ1v) is 6.82. The van der Waals surface area contributed by atoms with Crippen LogP contribution in [-0.4, -0.2) is 24.2 Å². The molecule has 108 valence electrons. The highest BCUT2D eigenvalue weighted by molar-refractivity contribution is 5.85. The molecule has 0 aliphatic carbocycles. The average molecular weight is 282 g/mol. The van der Waals surface area contributed by atoms with E-state index in [0.29, 0.717) is 0 Å². The number of hydrogen-bond acceptors (Lipinski definition) is 3. The zero-order chi connectivity index (χ0) is 15.0. The maximum Gasteiger partial charge on any atom is 0.146 e. The smallest absolute Gasteiger partial charge is 0.146 e. The predicted octanol–water partition coefficient (Wildman–Crippen LogP) is 3.86. The average Bonchev–Trinajstić information content (AvgIpc) is 2.90. The number of fused-ring (bicyclic) bond motifs is 1. The van der Waals surface area contributed by atoms with E-state index in [4.69, 9.17) is 14.5 Å². The minimum atomic E-state index is 0.739. The van der Waals surface area contributed by atoms with Crippen molar-refractivity contribution < 1.29 is 9.47 Å². The van der Waals surface area contributed by atoms with Crippen LogP contribution in [0, 0.1) is 13.8 Å². The van der Waals surface area contributed by atoms with Crippen LogP contribution in [0.25, 0.3) is 22.4 Å². The van der Waals surface area contributed by atoms with Crippen LogP contribution in [0.5, 0.6) is 11.5 Å². The molecule has 21 heavy (non-hydrogen) atoms. The van der Waals surface area contributed by atoms with Crippen LogP contribution in [0.3, 0.4) is 0 Å². The number of benzene rings is 2. The molecule has 0 radical (unpaired) electrons. The molecule has 2 aromatic carbocycles. The van der Waals surface area contributed by atoms with E-state index in [1.165, 1.54) is 5.56 Å². The van der Waals surface area contributed by atoms with Gasteiger partial charge < -0.3 is 14.5 Å². The molecule has 0 fully saturated rings. The van der Waals surface area contributed by atoms with Crippen LogP contribution in [-0.2, 0) is 0 Å². The molecule has 4 nitrogen and oxygen atoms in total. The highest BCUT2D eigenvalue weighted by Gasteiger charge is 2.16. The van der Waals surface area contributed by atoms with E-state index in [1.54, 1.807) is 14.2 Å². The van der Waals surface area contributed by atoms with Crippen LogP contribution in [0.2, 0.25) is 0 Å². The Balaban J connectivity index is 2.28. The first kappa shape index (κ1) is 13.5. The largest absolute Gasteiger partial charge is 0.496 e. The maximum atomic E-state index is 5.45. The number of aromatic nitrogens is 2. The summed E-state index contributed by atoms with van der Waals surface area (Å²) in [6.45, 7) is 4.15. The molecule has 0 amide bonds. The predicted molar refractivity (Wildman–Crippen MR) is 84.1 cm³/mol.